The topological polar surface area (TPSA) is 219 Å². The van der Waals surface area contributed by atoms with Crippen LogP contribution in [0, 0.1) is 5.92 Å². The first-order valence-corrected chi connectivity index (χ1v) is 14.8. The van der Waals surface area contributed by atoms with Gasteiger partial charge in [-0.3, -0.25) is 29.0 Å². The second-order valence-corrected chi connectivity index (χ2v) is 9.72. The summed E-state index contributed by atoms with van der Waals surface area (Å²) in [5.41, 5.74) is 0. The molecule has 0 heterocycles. The van der Waals surface area contributed by atoms with Crippen LogP contribution in [0.3, 0.4) is 0 Å². The highest BCUT2D eigenvalue weighted by Crippen LogP contribution is 2.14. The third-order valence-corrected chi connectivity index (χ3v) is 6.05. The molecule has 5 amide bonds. The normalized spacial score (nSPS) is 10.6. The molecule has 0 atom stereocenters. The molecule has 0 aromatic carbocycles. The van der Waals surface area contributed by atoms with Crippen LogP contribution in [0.25, 0.3) is 0 Å². The van der Waals surface area contributed by atoms with Gasteiger partial charge in [0, 0.05) is 42.7 Å². The van der Waals surface area contributed by atoms with Crippen molar-refractivity contribution in [2.24, 2.45) is 5.92 Å². The Bertz CT molecular complexity index is 908. The Morgan fingerprint density at radius 3 is 1.35 bits per heavy atom. The summed E-state index contributed by atoms with van der Waals surface area (Å²) >= 11 is 0. The van der Waals surface area contributed by atoms with Crippen LogP contribution in [0.2, 0.25) is 0 Å². The summed E-state index contributed by atoms with van der Waals surface area (Å²) in [4.78, 5) is 79.0. The fraction of sp³-hybridized carbons (Fsp3) is 0.786. The van der Waals surface area contributed by atoms with E-state index >= 15 is 0 Å². The van der Waals surface area contributed by atoms with Crippen LogP contribution in [-0.2, 0) is 61.8 Å². The molecule has 0 bridgehead atoms. The van der Waals surface area contributed by atoms with E-state index in [2.05, 4.69) is 10.6 Å². The van der Waals surface area contributed by atoms with Gasteiger partial charge in [0.25, 0.3) is 0 Å². The number of carbonyl (C=O) groups excluding carboxylic acids is 6. The molecule has 0 aromatic heterocycles. The van der Waals surface area contributed by atoms with Crippen molar-refractivity contribution in [1.29, 1.82) is 0 Å². The van der Waals surface area contributed by atoms with E-state index < -0.39 is 48.7 Å². The van der Waals surface area contributed by atoms with Crippen molar-refractivity contribution in [3.63, 3.8) is 0 Å². The van der Waals surface area contributed by atoms with Crippen LogP contribution in [-0.4, -0.2) is 173 Å². The smallest absolute Gasteiger partial charge is 0.321 e. The highest BCUT2D eigenvalue weighted by Gasteiger charge is 2.29. The Labute approximate surface area is 280 Å². The second-order valence-electron chi connectivity index (χ2n) is 9.72. The van der Waals surface area contributed by atoms with Crippen molar-refractivity contribution in [3.8, 4) is 0 Å². The Kier molecular flexibility index (Phi) is 26.0. The third kappa shape index (κ3) is 20.4. The zero-order valence-corrected chi connectivity index (χ0v) is 28.6. The summed E-state index contributed by atoms with van der Waals surface area (Å²) in [5.74, 6) is -4.22. The van der Waals surface area contributed by atoms with E-state index in [1.807, 2.05) is 0 Å². The summed E-state index contributed by atoms with van der Waals surface area (Å²) in [6.07, 6.45) is -1.03. The predicted octanol–water partition coefficient (Wildman–Crippen LogP) is -1.08. The number of nitrogens with one attached hydrogen (secondary N) is 2. The maximum absolute atomic E-state index is 13.0. The summed E-state index contributed by atoms with van der Waals surface area (Å²) in [5, 5.41) is 4.95. The summed E-state index contributed by atoms with van der Waals surface area (Å²) in [7, 11) is 8.42. The molecule has 0 fully saturated rings. The average molecular weight is 698 g/mol. The van der Waals surface area contributed by atoms with Crippen molar-refractivity contribution in [2.45, 2.75) is 19.3 Å². The molecular weight excluding hydrogens is 646 g/mol. The molecule has 0 rings (SSSR count). The monoisotopic (exact) mass is 697 g/mol. The van der Waals surface area contributed by atoms with Gasteiger partial charge in [0.05, 0.1) is 51.4 Å². The Morgan fingerprint density at radius 2 is 0.938 bits per heavy atom. The standard InChI is InChI=1S/C28H51N5O15/c1-40-11-7-23(34)31(19-43-4)8-14-48-26(37)22(15-24(35)46-12-9-32(20-44-5)27(38)29-17-41-2)16-25(36)47-13-10-33(21-45-6)28(39)30-18-42-3/h22H,7-21H2,1-6H3,(H,29,38)(H,30,39). The molecule has 48 heavy (non-hydrogen) atoms. The van der Waals surface area contributed by atoms with E-state index in [-0.39, 0.29) is 92.0 Å². The number of methoxy groups -OCH3 is 6. The summed E-state index contributed by atoms with van der Waals surface area (Å²) < 4.78 is 45.3. The first-order valence-electron chi connectivity index (χ1n) is 14.8. The third-order valence-electron chi connectivity index (χ3n) is 6.05. The van der Waals surface area contributed by atoms with Crippen LogP contribution in [0.5, 0.6) is 0 Å². The lowest BCUT2D eigenvalue weighted by Gasteiger charge is -2.23. The number of rotatable bonds is 27. The molecule has 0 spiro atoms. The number of esters is 3. The van der Waals surface area contributed by atoms with Gasteiger partial charge in [0.2, 0.25) is 5.91 Å². The summed E-state index contributed by atoms with van der Waals surface area (Å²) in [6, 6.07) is -1.05. The molecular formula is C28H51N5O15. The Balaban J connectivity index is 5.40. The number of amides is 5. The van der Waals surface area contributed by atoms with Crippen molar-refractivity contribution in [2.75, 3.05) is 122 Å². The van der Waals surface area contributed by atoms with Gasteiger partial charge in [-0.2, -0.15) is 0 Å². The van der Waals surface area contributed by atoms with E-state index in [4.69, 9.17) is 42.6 Å². The zero-order valence-electron chi connectivity index (χ0n) is 28.6. The van der Waals surface area contributed by atoms with Crippen LogP contribution in [0.15, 0.2) is 0 Å². The van der Waals surface area contributed by atoms with E-state index in [1.165, 1.54) is 57.4 Å². The van der Waals surface area contributed by atoms with Gasteiger partial charge in [-0.1, -0.05) is 0 Å². The molecule has 0 aromatic rings. The minimum atomic E-state index is -1.31. The number of hydrogen-bond acceptors (Lipinski definition) is 15. The predicted molar refractivity (Wildman–Crippen MR) is 164 cm³/mol. The van der Waals surface area contributed by atoms with E-state index in [1.54, 1.807) is 0 Å². The highest BCUT2D eigenvalue weighted by molar-refractivity contribution is 5.84. The van der Waals surface area contributed by atoms with Gasteiger partial charge in [-0.25, -0.2) is 9.59 Å². The van der Waals surface area contributed by atoms with Crippen molar-refractivity contribution in [3.05, 3.63) is 0 Å². The lowest BCUT2D eigenvalue weighted by molar-refractivity contribution is -0.160. The SMILES string of the molecule is COCCC(=O)N(CCOC(=O)C(CC(=O)OCCN(COC)C(=O)NCOC)CC(=O)OCCN(COC)C(=O)NCOC)COC. The lowest BCUT2D eigenvalue weighted by Crippen LogP contribution is -2.43. The number of hydrogen-bond donors (Lipinski definition) is 2. The lowest BCUT2D eigenvalue weighted by atomic mass is 10.0. The first kappa shape index (κ1) is 44.2. The maximum Gasteiger partial charge on any atom is 0.321 e. The van der Waals surface area contributed by atoms with Gasteiger partial charge < -0.3 is 58.2 Å². The molecule has 0 saturated carbocycles. The zero-order chi connectivity index (χ0) is 36.2. The maximum atomic E-state index is 13.0. The van der Waals surface area contributed by atoms with Crippen LogP contribution in [0.1, 0.15) is 19.3 Å². The van der Waals surface area contributed by atoms with Crippen molar-refractivity contribution in [1.82, 2.24) is 25.3 Å². The second kappa shape index (κ2) is 28.2. The summed E-state index contributed by atoms with van der Waals surface area (Å²) in [6.45, 7) is -1.03. The van der Waals surface area contributed by atoms with Crippen molar-refractivity contribution >= 4 is 35.9 Å². The van der Waals surface area contributed by atoms with E-state index in [9.17, 15) is 28.8 Å². The molecule has 278 valence electrons. The molecule has 0 radical (unpaired) electrons. The van der Waals surface area contributed by atoms with Gasteiger partial charge in [0.15, 0.2) is 0 Å². The quantitative estimate of drug-likeness (QED) is 0.0593. The number of nitrogens with zero attached hydrogens (tertiary/aromatic N) is 3. The van der Waals surface area contributed by atoms with E-state index in [0.717, 1.165) is 0 Å². The minimum Gasteiger partial charge on any atom is -0.464 e. The molecule has 0 aliphatic carbocycles. The molecule has 0 aliphatic rings. The molecule has 2 N–H and O–H groups in total. The van der Waals surface area contributed by atoms with Crippen LogP contribution < -0.4 is 10.6 Å². The number of carbonyl (C=O) groups is 6. The van der Waals surface area contributed by atoms with E-state index in [0.29, 0.717) is 0 Å². The van der Waals surface area contributed by atoms with Gasteiger partial charge in [0.1, 0.15) is 53.5 Å². The minimum absolute atomic E-state index is 0.0231. The fourth-order valence-electron chi connectivity index (χ4n) is 3.69. The highest BCUT2D eigenvalue weighted by atomic mass is 16.6. The van der Waals surface area contributed by atoms with Crippen molar-refractivity contribution < 1.29 is 71.4 Å². The van der Waals surface area contributed by atoms with Gasteiger partial charge in [-0.05, 0) is 0 Å². The first-order chi connectivity index (χ1) is 23.1. The molecule has 0 saturated heterocycles. The van der Waals surface area contributed by atoms with Crippen LogP contribution >= 0.6 is 0 Å². The molecule has 20 heteroatoms. The number of urea groups is 2. The molecule has 20 nitrogen and oxygen atoms in total. The molecule has 0 unspecified atom stereocenters. The Hall–Kier alpha value is -3.82. The van der Waals surface area contributed by atoms with Gasteiger partial charge >= 0.3 is 30.0 Å². The largest absolute Gasteiger partial charge is 0.464 e. The molecule has 0 aliphatic heterocycles. The fourth-order valence-corrected chi connectivity index (χ4v) is 3.69. The number of ether oxygens (including phenoxy) is 9. The van der Waals surface area contributed by atoms with Crippen LogP contribution in [0.4, 0.5) is 9.59 Å². The average Bonchev–Trinajstić information content (AvgIpc) is 3.06. The van der Waals surface area contributed by atoms with Gasteiger partial charge in [-0.15, -0.1) is 0 Å². The Morgan fingerprint density at radius 1 is 0.521 bits per heavy atom.